The minimum absolute atomic E-state index is 0.222. The van der Waals surface area contributed by atoms with E-state index in [0.29, 0.717) is 33.4 Å². The summed E-state index contributed by atoms with van der Waals surface area (Å²) in [6.45, 7) is 0. The van der Waals surface area contributed by atoms with Crippen LogP contribution in [-0.2, 0) is 0 Å². The molecule has 100 valence electrons. The summed E-state index contributed by atoms with van der Waals surface area (Å²) in [6.07, 6.45) is 1.56. The first-order chi connectivity index (χ1) is 9.56. The van der Waals surface area contributed by atoms with Crippen LogP contribution in [-0.4, -0.2) is 10.8 Å². The van der Waals surface area contributed by atoms with Gasteiger partial charge in [0.2, 0.25) is 0 Å². The van der Waals surface area contributed by atoms with Gasteiger partial charge in [0.15, 0.2) is 5.78 Å². The summed E-state index contributed by atoms with van der Waals surface area (Å²) in [6, 6.07) is 8.99. The van der Waals surface area contributed by atoms with Crippen molar-refractivity contribution in [2.24, 2.45) is 0 Å². The first kappa shape index (κ1) is 12.2. The Balaban J connectivity index is 2.13. The number of fused-ring (bicyclic) bond motifs is 1. The van der Waals surface area contributed by atoms with Crippen molar-refractivity contribution < 1.29 is 9.18 Å². The molecule has 0 saturated carbocycles. The topological polar surface area (TPSA) is 84.9 Å². The Hall–Kier alpha value is -2.82. The van der Waals surface area contributed by atoms with E-state index in [2.05, 4.69) is 4.98 Å². The summed E-state index contributed by atoms with van der Waals surface area (Å²) in [5.74, 6) is -0.578. The number of carbonyl (C=O) groups is 1. The number of carbonyl (C=O) groups excluding carboxylic acids is 1. The maximum absolute atomic E-state index is 13.1. The van der Waals surface area contributed by atoms with Gasteiger partial charge in [0, 0.05) is 39.6 Å². The number of hydrogen-bond donors (Lipinski definition) is 3. The number of hydrogen-bond acceptors (Lipinski definition) is 3. The maximum Gasteiger partial charge on any atom is 0.197 e. The molecule has 20 heavy (non-hydrogen) atoms. The monoisotopic (exact) mass is 269 g/mol. The Morgan fingerprint density at radius 2 is 1.85 bits per heavy atom. The molecule has 0 radical (unpaired) electrons. The number of anilines is 2. The molecular formula is C15H12FN3O. The van der Waals surface area contributed by atoms with Crippen LogP contribution >= 0.6 is 0 Å². The van der Waals surface area contributed by atoms with Crippen molar-refractivity contribution in [1.29, 1.82) is 0 Å². The molecule has 4 nitrogen and oxygen atoms in total. The second kappa shape index (κ2) is 4.38. The third kappa shape index (κ3) is 1.89. The average molecular weight is 269 g/mol. The van der Waals surface area contributed by atoms with Crippen molar-refractivity contribution in [2.45, 2.75) is 0 Å². The van der Waals surface area contributed by atoms with E-state index in [0.717, 1.165) is 0 Å². The number of H-pyrrole nitrogens is 1. The smallest absolute Gasteiger partial charge is 0.197 e. The van der Waals surface area contributed by atoms with Crippen molar-refractivity contribution in [2.75, 3.05) is 11.5 Å². The number of nitrogen functional groups attached to an aromatic ring is 2. The molecule has 0 saturated heterocycles. The zero-order valence-electron chi connectivity index (χ0n) is 10.5. The molecule has 0 fully saturated rings. The molecule has 1 aromatic heterocycles. The highest BCUT2D eigenvalue weighted by Crippen LogP contribution is 2.25. The van der Waals surface area contributed by atoms with Gasteiger partial charge in [-0.05, 0) is 36.4 Å². The Morgan fingerprint density at radius 3 is 2.60 bits per heavy atom. The summed E-state index contributed by atoms with van der Waals surface area (Å²) < 4.78 is 13.1. The molecule has 2 aromatic carbocycles. The van der Waals surface area contributed by atoms with Gasteiger partial charge in [0.05, 0.1) is 0 Å². The van der Waals surface area contributed by atoms with E-state index in [4.69, 9.17) is 11.5 Å². The van der Waals surface area contributed by atoms with Gasteiger partial charge in [-0.3, -0.25) is 4.79 Å². The highest BCUT2D eigenvalue weighted by atomic mass is 19.1. The van der Waals surface area contributed by atoms with E-state index in [9.17, 15) is 9.18 Å². The van der Waals surface area contributed by atoms with Crippen molar-refractivity contribution in [3.63, 3.8) is 0 Å². The van der Waals surface area contributed by atoms with Gasteiger partial charge >= 0.3 is 0 Å². The fourth-order valence-electron chi connectivity index (χ4n) is 2.22. The summed E-state index contributed by atoms with van der Waals surface area (Å²) >= 11 is 0. The quantitative estimate of drug-likeness (QED) is 0.494. The van der Waals surface area contributed by atoms with Crippen molar-refractivity contribution in [3.8, 4) is 0 Å². The molecule has 3 aromatic rings. The molecule has 3 rings (SSSR count). The Kier molecular flexibility index (Phi) is 2.68. The number of ketones is 1. The van der Waals surface area contributed by atoms with Gasteiger partial charge in [-0.1, -0.05) is 0 Å². The van der Waals surface area contributed by atoms with E-state index < -0.39 is 0 Å². The zero-order valence-corrected chi connectivity index (χ0v) is 10.5. The maximum atomic E-state index is 13.1. The van der Waals surface area contributed by atoms with Gasteiger partial charge in [-0.25, -0.2) is 4.39 Å². The fraction of sp³-hybridized carbons (Fsp3) is 0. The molecule has 0 aliphatic heterocycles. The lowest BCUT2D eigenvalue weighted by molar-refractivity contribution is 0.104. The van der Waals surface area contributed by atoms with Gasteiger partial charge in [0.1, 0.15) is 5.82 Å². The number of aromatic nitrogens is 1. The predicted octanol–water partition coefficient (Wildman–Crippen LogP) is 2.70. The summed E-state index contributed by atoms with van der Waals surface area (Å²) in [7, 11) is 0. The van der Waals surface area contributed by atoms with Crippen LogP contribution in [0.5, 0.6) is 0 Å². The van der Waals surface area contributed by atoms with Gasteiger partial charge in [-0.15, -0.1) is 0 Å². The molecule has 5 N–H and O–H groups in total. The number of rotatable bonds is 2. The van der Waals surface area contributed by atoms with Crippen molar-refractivity contribution >= 4 is 28.1 Å². The fourth-order valence-corrected chi connectivity index (χ4v) is 2.22. The average Bonchev–Trinajstić information content (AvgIpc) is 2.80. The first-order valence-corrected chi connectivity index (χ1v) is 6.02. The third-order valence-electron chi connectivity index (χ3n) is 3.21. The highest BCUT2D eigenvalue weighted by molar-refractivity contribution is 6.18. The largest absolute Gasteiger partial charge is 0.399 e. The van der Waals surface area contributed by atoms with E-state index in [-0.39, 0.29) is 11.6 Å². The molecule has 0 amide bonds. The minimum atomic E-state index is -0.356. The lowest BCUT2D eigenvalue weighted by atomic mass is 10.0. The SMILES string of the molecule is Nc1ccc(C(=O)c2c[nH]c3cc(F)ccc23)c(N)c1. The Morgan fingerprint density at radius 1 is 1.05 bits per heavy atom. The van der Waals surface area contributed by atoms with Gasteiger partial charge < -0.3 is 16.5 Å². The molecule has 0 atom stereocenters. The molecule has 0 spiro atoms. The number of halogens is 1. The van der Waals surface area contributed by atoms with Crippen molar-refractivity contribution in [1.82, 2.24) is 4.98 Å². The number of nitrogens with one attached hydrogen (secondary N) is 1. The molecule has 0 aliphatic rings. The van der Waals surface area contributed by atoms with Crippen LogP contribution in [0.25, 0.3) is 10.9 Å². The molecule has 0 aliphatic carbocycles. The summed E-state index contributed by atoms with van der Waals surface area (Å²) in [4.78, 5) is 15.4. The second-order valence-electron chi connectivity index (χ2n) is 4.57. The Labute approximate surface area is 114 Å². The van der Waals surface area contributed by atoms with E-state index >= 15 is 0 Å². The summed E-state index contributed by atoms with van der Waals surface area (Å²) in [5.41, 5.74) is 13.7. The first-order valence-electron chi connectivity index (χ1n) is 6.02. The lowest BCUT2D eigenvalue weighted by Crippen LogP contribution is -2.05. The van der Waals surface area contributed by atoms with Crippen LogP contribution in [0, 0.1) is 5.82 Å². The second-order valence-corrected chi connectivity index (χ2v) is 4.57. The van der Waals surface area contributed by atoms with E-state index in [1.54, 1.807) is 30.5 Å². The highest BCUT2D eigenvalue weighted by Gasteiger charge is 2.16. The van der Waals surface area contributed by atoms with Crippen LogP contribution in [0.2, 0.25) is 0 Å². The standard InChI is InChI=1S/C15H12FN3O/c16-8-1-3-10-12(7-19-14(10)5-8)15(20)11-4-2-9(17)6-13(11)18/h1-7,19H,17-18H2. The number of nitrogens with two attached hydrogens (primary N) is 2. The molecular weight excluding hydrogens is 257 g/mol. The normalized spacial score (nSPS) is 10.8. The van der Waals surface area contributed by atoms with E-state index in [1.807, 2.05) is 0 Å². The third-order valence-corrected chi connectivity index (χ3v) is 3.21. The molecule has 5 heteroatoms. The van der Waals surface area contributed by atoms with Crippen LogP contribution in [0.4, 0.5) is 15.8 Å². The predicted molar refractivity (Wildman–Crippen MR) is 77.0 cm³/mol. The van der Waals surface area contributed by atoms with Crippen molar-refractivity contribution in [3.05, 3.63) is 59.5 Å². The van der Waals surface area contributed by atoms with Crippen LogP contribution in [0.15, 0.2) is 42.6 Å². The van der Waals surface area contributed by atoms with E-state index in [1.165, 1.54) is 12.1 Å². The van der Waals surface area contributed by atoms with Crippen LogP contribution in [0.3, 0.4) is 0 Å². The molecule has 0 bridgehead atoms. The number of aromatic amines is 1. The van der Waals surface area contributed by atoms with Crippen LogP contribution < -0.4 is 11.5 Å². The minimum Gasteiger partial charge on any atom is -0.399 e. The Bertz CT molecular complexity index is 823. The molecule has 0 unspecified atom stereocenters. The summed E-state index contributed by atoms with van der Waals surface area (Å²) in [5, 5.41) is 0.660. The number of benzene rings is 2. The van der Waals surface area contributed by atoms with Crippen LogP contribution in [0.1, 0.15) is 15.9 Å². The molecule has 1 heterocycles. The zero-order chi connectivity index (χ0) is 14.3. The van der Waals surface area contributed by atoms with Gasteiger partial charge in [0.25, 0.3) is 0 Å². The van der Waals surface area contributed by atoms with Gasteiger partial charge in [-0.2, -0.15) is 0 Å². The lowest BCUT2D eigenvalue weighted by Gasteiger charge is -2.05.